The van der Waals surface area contributed by atoms with Crippen molar-refractivity contribution in [1.82, 2.24) is 0 Å². The Morgan fingerprint density at radius 3 is 2.42 bits per heavy atom. The van der Waals surface area contributed by atoms with Crippen molar-refractivity contribution in [2.45, 2.75) is 0 Å². The van der Waals surface area contributed by atoms with Crippen molar-refractivity contribution in [3.05, 3.63) is 98.2 Å². The third-order valence-corrected chi connectivity index (χ3v) is 4.62. The molecule has 1 aliphatic heterocycles. The lowest BCUT2D eigenvalue weighted by Crippen LogP contribution is -2.01. The van der Waals surface area contributed by atoms with Gasteiger partial charge in [0.25, 0.3) is 5.69 Å². The summed E-state index contributed by atoms with van der Waals surface area (Å²) in [7, 11) is 0. The second kappa shape index (κ2) is 9.10. The van der Waals surface area contributed by atoms with E-state index < -0.39 is 21.9 Å². The molecule has 33 heavy (non-hydrogen) atoms. The summed E-state index contributed by atoms with van der Waals surface area (Å²) in [5, 5.41) is 28.9. The number of ether oxygens (including phenoxy) is 2. The normalized spacial score (nSPS) is 12.4. The molecule has 0 saturated carbocycles. The van der Waals surface area contributed by atoms with E-state index in [1.54, 1.807) is 18.2 Å². The molecule has 3 aromatic rings. The second-order valence-corrected chi connectivity index (χ2v) is 6.81. The first-order valence-corrected chi connectivity index (χ1v) is 9.56. The number of nitrogens with zero attached hydrogens (tertiary/aromatic N) is 3. The zero-order chi connectivity index (χ0) is 23.4. The predicted molar refractivity (Wildman–Crippen MR) is 118 cm³/mol. The van der Waals surface area contributed by atoms with Gasteiger partial charge in [-0.1, -0.05) is 12.1 Å². The molecule has 0 unspecified atom stereocenters. The monoisotopic (exact) mass is 445 g/mol. The molecule has 0 spiro atoms. The molecule has 0 radical (unpaired) electrons. The summed E-state index contributed by atoms with van der Waals surface area (Å²) in [6, 6.07) is 14.1. The Labute approximate surface area is 186 Å². The number of allylic oxidation sites excluding steroid dienone is 1. The molecular weight excluding hydrogens is 430 g/mol. The third-order valence-electron chi connectivity index (χ3n) is 4.62. The average Bonchev–Trinajstić information content (AvgIpc) is 3.24. The maximum Gasteiger partial charge on any atom is 0.269 e. The molecule has 1 N–H and O–H groups in total. The minimum absolute atomic E-state index is 0.0943. The Kier molecular flexibility index (Phi) is 5.90. The van der Waals surface area contributed by atoms with Gasteiger partial charge in [0.2, 0.25) is 12.2 Å². The van der Waals surface area contributed by atoms with Crippen LogP contribution < -0.4 is 14.9 Å². The number of nitro benzene ring substituents is 1. The van der Waals surface area contributed by atoms with Crippen molar-refractivity contribution in [1.29, 1.82) is 0 Å². The van der Waals surface area contributed by atoms with Gasteiger partial charge in [-0.15, -0.1) is 0 Å². The lowest BCUT2D eigenvalue weighted by atomic mass is 10.1. The summed E-state index contributed by atoms with van der Waals surface area (Å²) < 4.78 is 10.5. The van der Waals surface area contributed by atoms with Crippen LogP contribution in [0.3, 0.4) is 0 Å². The van der Waals surface area contributed by atoms with Crippen LogP contribution in [0.4, 0.5) is 17.1 Å². The van der Waals surface area contributed by atoms with E-state index in [4.69, 9.17) is 9.47 Å². The number of ketones is 1. The maximum atomic E-state index is 12.7. The van der Waals surface area contributed by atoms with Crippen molar-refractivity contribution in [3.63, 3.8) is 0 Å². The first-order chi connectivity index (χ1) is 15.9. The minimum Gasteiger partial charge on any atom is -0.504 e. The molecule has 10 heteroatoms. The van der Waals surface area contributed by atoms with Gasteiger partial charge in [-0.2, -0.15) is 10.2 Å². The van der Waals surface area contributed by atoms with Gasteiger partial charge in [0.15, 0.2) is 23.0 Å². The van der Waals surface area contributed by atoms with Gasteiger partial charge >= 0.3 is 0 Å². The SMILES string of the molecule is O=C(/C=C/c1ccc2c(c1)OCO2)c1cc(N=Nc2ccc([N+](=O)[O-])cc2)ccc(=O)c1O. The highest BCUT2D eigenvalue weighted by molar-refractivity contribution is 6.08. The van der Waals surface area contributed by atoms with Crippen LogP contribution in [0.5, 0.6) is 17.2 Å². The Balaban J connectivity index is 1.60. The molecule has 4 rings (SSSR count). The van der Waals surface area contributed by atoms with Gasteiger partial charge in [-0.3, -0.25) is 19.7 Å². The first-order valence-electron chi connectivity index (χ1n) is 9.56. The van der Waals surface area contributed by atoms with Crippen LogP contribution in [0.15, 0.2) is 81.8 Å². The molecule has 0 fully saturated rings. The van der Waals surface area contributed by atoms with Crippen molar-refractivity contribution in [3.8, 4) is 17.2 Å². The van der Waals surface area contributed by atoms with Crippen molar-refractivity contribution in [2.75, 3.05) is 6.79 Å². The number of non-ortho nitro benzene ring substituents is 1. The highest BCUT2D eigenvalue weighted by Crippen LogP contribution is 2.33. The molecule has 10 nitrogen and oxygen atoms in total. The smallest absolute Gasteiger partial charge is 0.269 e. The van der Waals surface area contributed by atoms with Crippen molar-refractivity contribution < 1.29 is 24.3 Å². The molecule has 0 saturated heterocycles. The summed E-state index contributed by atoms with van der Waals surface area (Å²) in [6.45, 7) is 0.124. The number of carbonyl (C=O) groups is 1. The van der Waals surface area contributed by atoms with Gasteiger partial charge in [0, 0.05) is 12.1 Å². The molecule has 1 heterocycles. The first kappa shape index (κ1) is 21.4. The van der Waals surface area contributed by atoms with Gasteiger partial charge in [-0.05, 0) is 54.1 Å². The Bertz CT molecular complexity index is 1370. The Morgan fingerprint density at radius 1 is 0.970 bits per heavy atom. The summed E-state index contributed by atoms with van der Waals surface area (Å²) in [5.41, 5.74) is 0.0158. The van der Waals surface area contributed by atoms with E-state index in [0.29, 0.717) is 22.7 Å². The zero-order valence-corrected chi connectivity index (χ0v) is 16.9. The summed E-state index contributed by atoms with van der Waals surface area (Å²) >= 11 is 0. The van der Waals surface area contributed by atoms with E-state index in [2.05, 4.69) is 10.2 Å². The highest BCUT2D eigenvalue weighted by Gasteiger charge is 2.14. The van der Waals surface area contributed by atoms with Crippen LogP contribution in [0.25, 0.3) is 6.08 Å². The van der Waals surface area contributed by atoms with Crippen LogP contribution in [-0.2, 0) is 0 Å². The fourth-order valence-electron chi connectivity index (χ4n) is 2.92. The van der Waals surface area contributed by atoms with Gasteiger partial charge in [-0.25, -0.2) is 0 Å². The molecule has 0 amide bonds. The van der Waals surface area contributed by atoms with E-state index in [9.17, 15) is 24.8 Å². The minimum atomic E-state index is -0.758. The molecule has 1 aliphatic rings. The molecule has 0 aromatic heterocycles. The van der Waals surface area contributed by atoms with Gasteiger partial charge < -0.3 is 14.6 Å². The van der Waals surface area contributed by atoms with E-state index >= 15 is 0 Å². The van der Waals surface area contributed by atoms with E-state index in [0.717, 1.165) is 6.07 Å². The second-order valence-electron chi connectivity index (χ2n) is 6.81. The van der Waals surface area contributed by atoms with Crippen LogP contribution in [0.2, 0.25) is 0 Å². The topological polar surface area (TPSA) is 141 Å². The summed E-state index contributed by atoms with van der Waals surface area (Å²) in [5.74, 6) is -0.183. The molecule has 3 aromatic carbocycles. The Morgan fingerprint density at radius 2 is 1.67 bits per heavy atom. The number of aromatic hydroxyl groups is 1. The van der Waals surface area contributed by atoms with E-state index in [-0.39, 0.29) is 23.7 Å². The van der Waals surface area contributed by atoms with Crippen molar-refractivity contribution in [2.24, 2.45) is 10.2 Å². The van der Waals surface area contributed by atoms with Crippen LogP contribution in [0, 0.1) is 10.1 Å². The third kappa shape index (κ3) is 4.90. The average molecular weight is 445 g/mol. The fourth-order valence-corrected chi connectivity index (χ4v) is 2.92. The van der Waals surface area contributed by atoms with E-state index in [1.807, 2.05) is 0 Å². The number of hydrogen-bond donors (Lipinski definition) is 1. The molecule has 164 valence electrons. The largest absolute Gasteiger partial charge is 0.504 e. The summed E-state index contributed by atoms with van der Waals surface area (Å²) in [6.07, 6.45) is 2.72. The number of azo groups is 1. The molecular formula is C23H15N3O7. The summed E-state index contributed by atoms with van der Waals surface area (Å²) in [4.78, 5) is 35.0. The lowest BCUT2D eigenvalue weighted by molar-refractivity contribution is -0.384. The highest BCUT2D eigenvalue weighted by atomic mass is 16.7. The molecule has 0 bridgehead atoms. The number of hydrogen-bond acceptors (Lipinski definition) is 9. The molecule has 0 aliphatic carbocycles. The standard InChI is InChI=1S/C23H15N3O7/c27-19(8-1-14-2-10-21-22(11-14)33-13-32-21)18-12-16(5-9-20(28)23(18)29)25-24-15-3-6-17(7-4-15)26(30)31/h1-12H,13H2,(H,28,29)/b8-1+,25-24?. The molecule has 0 atom stereocenters. The number of carbonyl (C=O) groups excluding carboxylic acids is 1. The zero-order valence-electron chi connectivity index (χ0n) is 16.9. The number of nitro groups is 1. The quantitative estimate of drug-likeness (QED) is 0.191. The number of rotatable bonds is 6. The number of fused-ring (bicyclic) bond motifs is 1. The predicted octanol–water partition coefficient (Wildman–Crippen LogP) is 4.70. The van der Waals surface area contributed by atoms with Crippen molar-refractivity contribution >= 4 is 28.9 Å². The van der Waals surface area contributed by atoms with Crippen LogP contribution in [0.1, 0.15) is 15.9 Å². The van der Waals surface area contributed by atoms with Crippen LogP contribution in [-0.4, -0.2) is 22.6 Å². The Hall–Kier alpha value is -4.86. The fraction of sp³-hybridized carbons (Fsp3) is 0.0435. The van der Waals surface area contributed by atoms with Crippen LogP contribution >= 0.6 is 0 Å². The van der Waals surface area contributed by atoms with E-state index in [1.165, 1.54) is 48.6 Å². The number of benzene rings is 2. The maximum absolute atomic E-state index is 12.7. The lowest BCUT2D eigenvalue weighted by Gasteiger charge is -1.99. The van der Waals surface area contributed by atoms with Gasteiger partial charge in [0.05, 0.1) is 21.9 Å². The van der Waals surface area contributed by atoms with Gasteiger partial charge in [0.1, 0.15) is 0 Å².